The van der Waals surface area contributed by atoms with Crippen molar-refractivity contribution >= 4 is 11.6 Å². The van der Waals surface area contributed by atoms with Crippen molar-refractivity contribution < 1.29 is 4.79 Å². The average molecular weight is 338 g/mol. The predicted molar refractivity (Wildman–Crippen MR) is 93.5 cm³/mol. The van der Waals surface area contributed by atoms with Crippen LogP contribution in [0.5, 0.6) is 0 Å². The number of hydrogen-bond donors (Lipinski definition) is 1. The van der Waals surface area contributed by atoms with Gasteiger partial charge < -0.3 is 14.8 Å². The molecule has 2 aromatic heterocycles. The van der Waals surface area contributed by atoms with E-state index >= 15 is 0 Å². The molecule has 25 heavy (non-hydrogen) atoms. The van der Waals surface area contributed by atoms with Crippen LogP contribution >= 0.6 is 0 Å². The number of nitrogens with one attached hydrogen (secondary N) is 1. The molecule has 0 saturated carbocycles. The molecular formula is C18H22N6O. The van der Waals surface area contributed by atoms with Crippen LogP contribution in [-0.4, -0.2) is 38.4 Å². The second-order valence-electron chi connectivity index (χ2n) is 6.21. The van der Waals surface area contributed by atoms with E-state index in [1.807, 2.05) is 41.8 Å². The number of nitrogens with zero attached hydrogens (tertiary/aromatic N) is 5. The molecule has 0 aliphatic carbocycles. The van der Waals surface area contributed by atoms with Crippen LogP contribution in [-0.2, 0) is 11.8 Å². The van der Waals surface area contributed by atoms with Crippen molar-refractivity contribution in [3.05, 3.63) is 42.2 Å². The third-order valence-corrected chi connectivity index (χ3v) is 4.76. The number of pyridine rings is 1. The van der Waals surface area contributed by atoms with Crippen molar-refractivity contribution in [2.75, 3.05) is 18.4 Å². The van der Waals surface area contributed by atoms with Crippen LogP contribution < -0.4 is 5.32 Å². The van der Waals surface area contributed by atoms with Gasteiger partial charge in [-0.05, 0) is 25.5 Å². The Balaban J connectivity index is 1.84. The minimum absolute atomic E-state index is 0.0686. The number of rotatable bonds is 5. The SMILES string of the molecule is CCN1C(=O)CC[C@H](CNc2cccnc2C#N)[C@H]1c1nccn1C. The molecule has 1 N–H and O–H groups in total. The predicted octanol–water partition coefficient (Wildman–Crippen LogP) is 2.10. The molecule has 7 nitrogen and oxygen atoms in total. The van der Waals surface area contributed by atoms with Crippen LogP contribution in [0.15, 0.2) is 30.7 Å². The Hall–Kier alpha value is -2.88. The number of carbonyl (C=O) groups excluding carboxylic acids is 1. The Morgan fingerprint density at radius 1 is 1.40 bits per heavy atom. The fraction of sp³-hybridized carbons (Fsp3) is 0.444. The number of aromatic nitrogens is 3. The first-order valence-electron chi connectivity index (χ1n) is 8.51. The second-order valence-corrected chi connectivity index (χ2v) is 6.21. The van der Waals surface area contributed by atoms with Crippen molar-refractivity contribution in [1.29, 1.82) is 5.26 Å². The van der Waals surface area contributed by atoms with Crippen molar-refractivity contribution in [2.45, 2.75) is 25.8 Å². The van der Waals surface area contributed by atoms with Crippen LogP contribution in [0.4, 0.5) is 5.69 Å². The fourth-order valence-corrected chi connectivity index (χ4v) is 3.50. The number of likely N-dealkylation sites (tertiary alicyclic amines) is 1. The number of nitriles is 1. The summed E-state index contributed by atoms with van der Waals surface area (Å²) in [6, 6.07) is 5.70. The first-order chi connectivity index (χ1) is 12.2. The zero-order valence-corrected chi connectivity index (χ0v) is 14.5. The number of piperidine rings is 1. The Kier molecular flexibility index (Phi) is 4.98. The molecular weight excluding hydrogens is 316 g/mol. The number of anilines is 1. The lowest BCUT2D eigenvalue weighted by atomic mass is 9.87. The molecule has 1 aliphatic rings. The van der Waals surface area contributed by atoms with Gasteiger partial charge >= 0.3 is 0 Å². The normalized spacial score (nSPS) is 20.4. The summed E-state index contributed by atoms with van der Waals surface area (Å²) in [6.45, 7) is 3.31. The van der Waals surface area contributed by atoms with E-state index in [0.29, 0.717) is 25.2 Å². The summed E-state index contributed by atoms with van der Waals surface area (Å²) in [5.74, 6) is 1.28. The smallest absolute Gasteiger partial charge is 0.223 e. The van der Waals surface area contributed by atoms with Gasteiger partial charge in [-0.1, -0.05) is 0 Å². The zero-order valence-electron chi connectivity index (χ0n) is 14.5. The summed E-state index contributed by atoms with van der Waals surface area (Å²) in [6.07, 6.45) is 6.61. The average Bonchev–Trinajstić information content (AvgIpc) is 3.06. The van der Waals surface area contributed by atoms with Gasteiger partial charge in [0.05, 0.1) is 11.7 Å². The molecule has 1 fully saturated rings. The summed E-state index contributed by atoms with van der Waals surface area (Å²) in [5, 5.41) is 12.5. The molecule has 0 unspecified atom stereocenters. The summed E-state index contributed by atoms with van der Waals surface area (Å²) in [5.41, 5.74) is 1.11. The maximum absolute atomic E-state index is 12.4. The number of amides is 1. The lowest BCUT2D eigenvalue weighted by Crippen LogP contribution is -2.45. The monoisotopic (exact) mass is 338 g/mol. The molecule has 2 aromatic rings. The maximum atomic E-state index is 12.4. The Morgan fingerprint density at radius 3 is 2.92 bits per heavy atom. The standard InChI is InChI=1S/C18H22N6O/c1-3-24-16(25)7-6-13(17(24)18-21-9-10-23(18)2)12-22-14-5-4-8-20-15(14)11-19/h4-5,8-10,13,17,22H,3,6-7,12H2,1-2H3/t13-,17+/m1/s1. The molecule has 1 saturated heterocycles. The number of carbonyl (C=O) groups is 1. The van der Waals surface area contributed by atoms with Crippen LogP contribution in [0.1, 0.15) is 37.3 Å². The number of hydrogen-bond acceptors (Lipinski definition) is 5. The molecule has 130 valence electrons. The van der Waals surface area contributed by atoms with E-state index in [4.69, 9.17) is 0 Å². The summed E-state index contributed by atoms with van der Waals surface area (Å²) >= 11 is 0. The number of aryl methyl sites for hydroxylation is 1. The van der Waals surface area contributed by atoms with E-state index in [2.05, 4.69) is 21.4 Å². The van der Waals surface area contributed by atoms with E-state index in [1.165, 1.54) is 0 Å². The van der Waals surface area contributed by atoms with Gasteiger partial charge in [0, 0.05) is 51.1 Å². The minimum atomic E-state index is -0.0686. The molecule has 3 rings (SSSR count). The molecule has 1 aliphatic heterocycles. The Morgan fingerprint density at radius 2 is 2.24 bits per heavy atom. The molecule has 0 bridgehead atoms. The first-order valence-corrected chi connectivity index (χ1v) is 8.51. The number of imidazole rings is 1. The third-order valence-electron chi connectivity index (χ3n) is 4.76. The Bertz CT molecular complexity index is 793. The van der Waals surface area contributed by atoms with Gasteiger partial charge in [-0.2, -0.15) is 5.26 Å². The zero-order chi connectivity index (χ0) is 17.8. The van der Waals surface area contributed by atoms with Gasteiger partial charge in [0.1, 0.15) is 11.9 Å². The molecule has 1 amide bonds. The summed E-state index contributed by atoms with van der Waals surface area (Å²) < 4.78 is 1.98. The van der Waals surface area contributed by atoms with Crippen LogP contribution in [0.2, 0.25) is 0 Å². The van der Waals surface area contributed by atoms with E-state index in [9.17, 15) is 10.1 Å². The van der Waals surface area contributed by atoms with E-state index < -0.39 is 0 Å². The lowest BCUT2D eigenvalue weighted by molar-refractivity contribution is -0.138. The topological polar surface area (TPSA) is 86.8 Å². The van der Waals surface area contributed by atoms with Crippen molar-refractivity contribution in [3.63, 3.8) is 0 Å². The Labute approximate surface area is 147 Å². The van der Waals surface area contributed by atoms with Gasteiger partial charge in [-0.25, -0.2) is 9.97 Å². The van der Waals surface area contributed by atoms with Crippen molar-refractivity contribution in [2.24, 2.45) is 13.0 Å². The van der Waals surface area contributed by atoms with E-state index in [-0.39, 0.29) is 17.9 Å². The van der Waals surface area contributed by atoms with Gasteiger partial charge in [0.25, 0.3) is 0 Å². The first kappa shape index (κ1) is 17.0. The molecule has 0 aromatic carbocycles. The second kappa shape index (κ2) is 7.34. The van der Waals surface area contributed by atoms with E-state index in [0.717, 1.165) is 17.9 Å². The van der Waals surface area contributed by atoms with Gasteiger partial charge in [0.2, 0.25) is 5.91 Å². The highest BCUT2D eigenvalue weighted by atomic mass is 16.2. The van der Waals surface area contributed by atoms with Crippen LogP contribution in [0.25, 0.3) is 0 Å². The van der Waals surface area contributed by atoms with Crippen LogP contribution in [0.3, 0.4) is 0 Å². The van der Waals surface area contributed by atoms with Gasteiger partial charge in [-0.15, -0.1) is 0 Å². The van der Waals surface area contributed by atoms with Crippen molar-refractivity contribution in [1.82, 2.24) is 19.4 Å². The molecule has 7 heteroatoms. The quantitative estimate of drug-likeness (QED) is 0.902. The lowest BCUT2D eigenvalue weighted by Gasteiger charge is -2.40. The maximum Gasteiger partial charge on any atom is 0.223 e. The van der Waals surface area contributed by atoms with E-state index in [1.54, 1.807) is 12.4 Å². The fourth-order valence-electron chi connectivity index (χ4n) is 3.50. The molecule has 0 radical (unpaired) electrons. The molecule has 0 spiro atoms. The largest absolute Gasteiger partial charge is 0.382 e. The molecule has 3 heterocycles. The van der Waals surface area contributed by atoms with Crippen LogP contribution in [0, 0.1) is 17.2 Å². The van der Waals surface area contributed by atoms with Crippen molar-refractivity contribution in [3.8, 4) is 6.07 Å². The van der Waals surface area contributed by atoms with Gasteiger partial charge in [-0.3, -0.25) is 4.79 Å². The highest BCUT2D eigenvalue weighted by Crippen LogP contribution is 2.35. The summed E-state index contributed by atoms with van der Waals surface area (Å²) in [7, 11) is 1.95. The van der Waals surface area contributed by atoms with Gasteiger partial charge in [0.15, 0.2) is 5.69 Å². The highest BCUT2D eigenvalue weighted by Gasteiger charge is 2.38. The molecule has 2 atom stereocenters. The summed E-state index contributed by atoms with van der Waals surface area (Å²) in [4.78, 5) is 22.9. The highest BCUT2D eigenvalue weighted by molar-refractivity contribution is 5.77. The minimum Gasteiger partial charge on any atom is -0.382 e. The third kappa shape index (κ3) is 3.33.